The Balaban J connectivity index is 2.58. The number of nitrogens with zero attached hydrogens (tertiary/aromatic N) is 1. The van der Waals surface area contributed by atoms with Gasteiger partial charge in [0.2, 0.25) is 5.91 Å². The lowest BCUT2D eigenvalue weighted by molar-refractivity contribution is -0.124. The average molecular weight is 341 g/mol. The number of hydrogen-bond donors (Lipinski definition) is 2. The molecule has 0 aliphatic carbocycles. The third-order valence-electron chi connectivity index (χ3n) is 4.28. The maximum atomic E-state index is 12.5. The van der Waals surface area contributed by atoms with Gasteiger partial charge >= 0.3 is 6.09 Å². The quantitative estimate of drug-likeness (QED) is 0.779. The lowest BCUT2D eigenvalue weighted by atomic mass is 10.0. The second-order valence-electron chi connectivity index (χ2n) is 8.59. The Labute approximate surface area is 146 Å². The van der Waals surface area contributed by atoms with Crippen LogP contribution in [0.1, 0.15) is 61.3 Å². The molecule has 6 nitrogen and oxygen atoms in total. The molecule has 0 aromatic carbocycles. The van der Waals surface area contributed by atoms with Gasteiger partial charge in [0.05, 0.1) is 0 Å². The maximum absolute atomic E-state index is 12.5. The van der Waals surface area contributed by atoms with E-state index in [-0.39, 0.29) is 17.4 Å². The molecule has 1 fully saturated rings. The fourth-order valence-electron chi connectivity index (χ4n) is 2.82. The van der Waals surface area contributed by atoms with Crippen molar-refractivity contribution in [3.8, 4) is 0 Å². The molecule has 2 amide bonds. The van der Waals surface area contributed by atoms with E-state index in [1.807, 2.05) is 13.8 Å². The molecule has 1 unspecified atom stereocenters. The number of nitrogens with one attached hydrogen (secondary N) is 2. The van der Waals surface area contributed by atoms with E-state index in [0.717, 1.165) is 13.1 Å². The summed E-state index contributed by atoms with van der Waals surface area (Å²) in [5, 5.41) is 5.69. The Bertz CT molecular complexity index is 435. The van der Waals surface area contributed by atoms with Gasteiger partial charge in [-0.05, 0) is 66.5 Å². The summed E-state index contributed by atoms with van der Waals surface area (Å²) in [6.45, 7) is 16.2. The fourth-order valence-corrected chi connectivity index (χ4v) is 2.82. The van der Waals surface area contributed by atoms with Crippen molar-refractivity contribution in [1.29, 1.82) is 0 Å². The maximum Gasteiger partial charge on any atom is 0.408 e. The van der Waals surface area contributed by atoms with Crippen molar-refractivity contribution in [2.75, 3.05) is 19.6 Å². The lowest BCUT2D eigenvalue weighted by Crippen LogP contribution is -2.56. The highest BCUT2D eigenvalue weighted by molar-refractivity contribution is 5.86. The second kappa shape index (κ2) is 8.19. The van der Waals surface area contributed by atoms with Gasteiger partial charge in [0, 0.05) is 12.1 Å². The summed E-state index contributed by atoms with van der Waals surface area (Å²) in [7, 11) is 0. The van der Waals surface area contributed by atoms with Crippen LogP contribution in [-0.2, 0) is 9.53 Å². The Morgan fingerprint density at radius 1 is 1.08 bits per heavy atom. The van der Waals surface area contributed by atoms with E-state index in [4.69, 9.17) is 4.74 Å². The monoisotopic (exact) mass is 341 g/mol. The molecule has 1 aliphatic heterocycles. The van der Waals surface area contributed by atoms with Crippen molar-refractivity contribution < 1.29 is 14.3 Å². The van der Waals surface area contributed by atoms with Crippen molar-refractivity contribution >= 4 is 12.0 Å². The van der Waals surface area contributed by atoms with Gasteiger partial charge in [-0.2, -0.15) is 0 Å². The molecule has 0 aromatic rings. The van der Waals surface area contributed by atoms with E-state index >= 15 is 0 Å². The van der Waals surface area contributed by atoms with Crippen molar-refractivity contribution in [2.45, 2.75) is 78.5 Å². The van der Waals surface area contributed by atoms with Gasteiger partial charge in [0.15, 0.2) is 0 Å². The van der Waals surface area contributed by atoms with E-state index in [1.54, 1.807) is 20.8 Å². The number of ether oxygens (including phenoxy) is 1. The summed E-state index contributed by atoms with van der Waals surface area (Å²) in [6.07, 6.45) is 1.87. The molecular weight excluding hydrogens is 306 g/mol. The summed E-state index contributed by atoms with van der Waals surface area (Å²) in [4.78, 5) is 26.9. The van der Waals surface area contributed by atoms with Gasteiger partial charge in [0.25, 0.3) is 0 Å². The number of carbonyl (C=O) groups excluding carboxylic acids is 2. The van der Waals surface area contributed by atoms with Crippen molar-refractivity contribution in [3.63, 3.8) is 0 Å². The third kappa shape index (κ3) is 6.67. The summed E-state index contributed by atoms with van der Waals surface area (Å²) in [5.41, 5.74) is -0.667. The molecule has 1 heterocycles. The highest BCUT2D eigenvalue weighted by atomic mass is 16.6. The van der Waals surface area contributed by atoms with Crippen LogP contribution < -0.4 is 10.6 Å². The number of hydrogen-bond acceptors (Lipinski definition) is 4. The first-order valence-corrected chi connectivity index (χ1v) is 8.95. The minimum atomic E-state index is -0.603. The zero-order chi connectivity index (χ0) is 18.5. The minimum Gasteiger partial charge on any atom is -0.444 e. The summed E-state index contributed by atoms with van der Waals surface area (Å²) < 4.78 is 5.26. The van der Waals surface area contributed by atoms with Crippen LogP contribution >= 0.6 is 0 Å². The Kier molecular flexibility index (Phi) is 7.08. The van der Waals surface area contributed by atoms with Gasteiger partial charge in [-0.25, -0.2) is 4.79 Å². The molecule has 0 saturated carbocycles. The molecule has 0 radical (unpaired) electrons. The van der Waals surface area contributed by atoms with Crippen molar-refractivity contribution in [1.82, 2.24) is 15.5 Å². The van der Waals surface area contributed by atoms with E-state index in [1.165, 1.54) is 12.8 Å². The number of rotatable bonds is 6. The molecule has 0 aromatic heterocycles. The zero-order valence-electron chi connectivity index (χ0n) is 16.4. The van der Waals surface area contributed by atoms with Crippen molar-refractivity contribution in [3.05, 3.63) is 0 Å². The SMILES string of the molecule is CC(C)C(NC(=O)OC(C)(C)C)C(=O)NCC(C)(C)N1CCCC1. The smallest absolute Gasteiger partial charge is 0.408 e. The number of alkyl carbamates (subject to hydrolysis) is 1. The molecule has 0 bridgehead atoms. The first-order valence-electron chi connectivity index (χ1n) is 8.95. The molecule has 0 spiro atoms. The van der Waals surface area contributed by atoms with E-state index in [0.29, 0.717) is 6.54 Å². The third-order valence-corrected chi connectivity index (χ3v) is 4.28. The summed E-state index contributed by atoms with van der Waals surface area (Å²) in [5.74, 6) is -0.185. The topological polar surface area (TPSA) is 70.7 Å². The first kappa shape index (κ1) is 20.7. The van der Waals surface area contributed by atoms with Gasteiger partial charge in [-0.1, -0.05) is 13.8 Å². The predicted molar refractivity (Wildman–Crippen MR) is 95.9 cm³/mol. The molecule has 2 N–H and O–H groups in total. The van der Waals surface area contributed by atoms with Crippen LogP contribution in [0, 0.1) is 5.92 Å². The second-order valence-corrected chi connectivity index (χ2v) is 8.59. The minimum absolute atomic E-state index is 0.0209. The molecule has 1 atom stereocenters. The first-order chi connectivity index (χ1) is 10.9. The lowest BCUT2D eigenvalue weighted by Gasteiger charge is -2.36. The molecule has 1 aliphatic rings. The largest absolute Gasteiger partial charge is 0.444 e. The molecule has 6 heteroatoms. The molecule has 24 heavy (non-hydrogen) atoms. The summed E-state index contributed by atoms with van der Waals surface area (Å²) >= 11 is 0. The zero-order valence-corrected chi connectivity index (χ0v) is 16.4. The van der Waals surface area contributed by atoms with E-state index in [9.17, 15) is 9.59 Å². The normalized spacial score (nSPS) is 17.7. The highest BCUT2D eigenvalue weighted by Crippen LogP contribution is 2.20. The van der Waals surface area contributed by atoms with E-state index < -0.39 is 17.7 Å². The molecule has 1 saturated heterocycles. The standard InChI is InChI=1S/C18H35N3O3/c1-13(2)14(20-16(23)24-17(3,4)5)15(22)19-12-18(6,7)21-10-8-9-11-21/h13-14H,8-12H2,1-7H3,(H,19,22)(H,20,23). The highest BCUT2D eigenvalue weighted by Gasteiger charge is 2.32. The number of likely N-dealkylation sites (tertiary alicyclic amines) is 1. The van der Waals surface area contributed by atoms with Crippen LogP contribution in [0.25, 0.3) is 0 Å². The number of carbonyl (C=O) groups is 2. The number of amides is 2. The van der Waals surface area contributed by atoms with Gasteiger partial charge in [-0.15, -0.1) is 0 Å². The molecule has 1 rings (SSSR count). The van der Waals surface area contributed by atoms with Crippen LogP contribution in [0.2, 0.25) is 0 Å². The van der Waals surface area contributed by atoms with Crippen LogP contribution in [0.15, 0.2) is 0 Å². The fraction of sp³-hybridized carbons (Fsp3) is 0.889. The average Bonchev–Trinajstić information content (AvgIpc) is 2.95. The Morgan fingerprint density at radius 3 is 2.08 bits per heavy atom. The summed E-state index contributed by atoms with van der Waals surface area (Å²) in [6, 6.07) is -0.603. The predicted octanol–water partition coefficient (Wildman–Crippen LogP) is 2.53. The van der Waals surface area contributed by atoms with Crippen LogP contribution in [-0.4, -0.2) is 53.7 Å². The molecular formula is C18H35N3O3. The van der Waals surface area contributed by atoms with Crippen LogP contribution in [0.3, 0.4) is 0 Å². The van der Waals surface area contributed by atoms with E-state index in [2.05, 4.69) is 29.4 Å². The van der Waals surface area contributed by atoms with Crippen molar-refractivity contribution in [2.24, 2.45) is 5.92 Å². The Hall–Kier alpha value is -1.30. The van der Waals surface area contributed by atoms with Gasteiger partial charge in [-0.3, -0.25) is 9.69 Å². The van der Waals surface area contributed by atoms with Crippen LogP contribution in [0.5, 0.6) is 0 Å². The van der Waals surface area contributed by atoms with Crippen LogP contribution in [0.4, 0.5) is 4.79 Å². The van der Waals surface area contributed by atoms with Gasteiger partial charge < -0.3 is 15.4 Å². The molecule has 140 valence electrons. The van der Waals surface area contributed by atoms with Gasteiger partial charge in [0.1, 0.15) is 11.6 Å². The Morgan fingerprint density at radius 2 is 1.62 bits per heavy atom.